The molecule has 3 aromatic rings. The monoisotopic (exact) mass is 456 g/mol. The van der Waals surface area contributed by atoms with Crippen molar-refractivity contribution < 1.29 is 9.59 Å². The fourth-order valence-electron chi connectivity index (χ4n) is 4.04. The zero-order chi connectivity index (χ0) is 22.2. The highest BCUT2D eigenvalue weighted by atomic mass is 35.5. The maximum absolute atomic E-state index is 12.9. The van der Waals surface area contributed by atoms with E-state index in [0.29, 0.717) is 21.6 Å². The van der Waals surface area contributed by atoms with Crippen LogP contribution < -0.4 is 5.32 Å². The molecule has 6 nitrogen and oxygen atoms in total. The third kappa shape index (κ3) is 4.77. The molecule has 0 bridgehead atoms. The van der Waals surface area contributed by atoms with Crippen LogP contribution in [0.3, 0.4) is 0 Å². The SMILES string of the molecule is CC(C)(C)C1CCc2nc3sc(C(=O)N[C@H](CC=O)c4ccc(Cl)nc4)nc3cc2C1. The number of aldehydes is 1. The number of nitrogens with one attached hydrogen (secondary N) is 1. The number of hydrogen-bond donors (Lipinski definition) is 1. The number of halogens is 1. The Bertz CT molecular complexity index is 1120. The number of carbonyl (C=O) groups is 2. The molecule has 0 saturated heterocycles. The van der Waals surface area contributed by atoms with Gasteiger partial charge < -0.3 is 10.1 Å². The van der Waals surface area contributed by atoms with Crippen LogP contribution in [0.25, 0.3) is 10.3 Å². The van der Waals surface area contributed by atoms with Crippen molar-refractivity contribution in [3.63, 3.8) is 0 Å². The van der Waals surface area contributed by atoms with Gasteiger partial charge in [0.15, 0.2) is 5.01 Å². The van der Waals surface area contributed by atoms with Crippen molar-refractivity contribution in [2.75, 3.05) is 0 Å². The van der Waals surface area contributed by atoms with Crippen LogP contribution in [-0.4, -0.2) is 27.1 Å². The molecule has 1 aliphatic rings. The average Bonchev–Trinajstić information content (AvgIpc) is 3.14. The third-order valence-electron chi connectivity index (χ3n) is 5.96. The lowest BCUT2D eigenvalue weighted by Crippen LogP contribution is -2.28. The largest absolute Gasteiger partial charge is 0.343 e. The maximum Gasteiger partial charge on any atom is 0.280 e. The second-order valence-electron chi connectivity index (χ2n) is 9.09. The van der Waals surface area contributed by atoms with Crippen molar-refractivity contribution in [2.45, 2.75) is 52.5 Å². The molecule has 1 aliphatic carbocycles. The van der Waals surface area contributed by atoms with Crippen molar-refractivity contribution in [1.82, 2.24) is 20.3 Å². The van der Waals surface area contributed by atoms with Gasteiger partial charge in [-0.3, -0.25) is 4.79 Å². The average molecular weight is 457 g/mol. The van der Waals surface area contributed by atoms with Crippen LogP contribution in [0.4, 0.5) is 0 Å². The minimum absolute atomic E-state index is 0.140. The molecule has 3 aromatic heterocycles. The smallest absolute Gasteiger partial charge is 0.280 e. The molecule has 8 heteroatoms. The zero-order valence-corrected chi connectivity index (χ0v) is 19.4. The van der Waals surface area contributed by atoms with Crippen LogP contribution in [0.5, 0.6) is 0 Å². The highest BCUT2D eigenvalue weighted by Crippen LogP contribution is 2.38. The van der Waals surface area contributed by atoms with E-state index in [-0.39, 0.29) is 17.7 Å². The first kappa shape index (κ1) is 21.8. The standard InChI is InChI=1S/C23H25ClN4O2S/c1-23(2,3)15-5-6-16-14(10-15)11-18-21(27-16)31-22(28-18)20(30)26-17(8-9-29)13-4-7-19(24)25-12-13/h4,7,9,11-12,15,17H,5-6,8,10H2,1-3H3,(H,26,30)/t15?,17-/m1/s1. The van der Waals surface area contributed by atoms with E-state index in [9.17, 15) is 9.59 Å². The predicted molar refractivity (Wildman–Crippen MR) is 123 cm³/mol. The van der Waals surface area contributed by atoms with E-state index in [1.54, 1.807) is 18.3 Å². The van der Waals surface area contributed by atoms with Crippen LogP contribution in [0.15, 0.2) is 24.4 Å². The van der Waals surface area contributed by atoms with Gasteiger partial charge in [-0.25, -0.2) is 15.0 Å². The maximum atomic E-state index is 12.9. The molecule has 0 radical (unpaired) electrons. The van der Waals surface area contributed by atoms with E-state index in [4.69, 9.17) is 16.6 Å². The van der Waals surface area contributed by atoms with Gasteiger partial charge in [0.05, 0.1) is 6.04 Å². The van der Waals surface area contributed by atoms with E-state index in [1.165, 1.54) is 16.9 Å². The first-order valence-electron chi connectivity index (χ1n) is 10.4. The number of thiazole rings is 1. The van der Waals surface area contributed by atoms with Gasteiger partial charge in [-0.15, -0.1) is 0 Å². The van der Waals surface area contributed by atoms with E-state index in [1.807, 2.05) is 0 Å². The molecule has 2 atom stereocenters. The lowest BCUT2D eigenvalue weighted by atomic mass is 9.71. The highest BCUT2D eigenvalue weighted by Gasteiger charge is 2.30. The number of nitrogens with zero attached hydrogens (tertiary/aromatic N) is 3. The predicted octanol–water partition coefficient (Wildman–Crippen LogP) is 4.95. The number of hydrogen-bond acceptors (Lipinski definition) is 6. The molecule has 0 aliphatic heterocycles. The fraction of sp³-hybridized carbons (Fsp3) is 0.435. The summed E-state index contributed by atoms with van der Waals surface area (Å²) in [6.07, 6.45) is 5.56. The summed E-state index contributed by atoms with van der Waals surface area (Å²) < 4.78 is 0. The number of carbonyl (C=O) groups excluding carboxylic acids is 2. The van der Waals surface area contributed by atoms with Crippen molar-refractivity contribution in [3.05, 3.63) is 51.4 Å². The van der Waals surface area contributed by atoms with Gasteiger partial charge in [0, 0.05) is 18.3 Å². The van der Waals surface area contributed by atoms with Gasteiger partial charge in [0.2, 0.25) is 0 Å². The summed E-state index contributed by atoms with van der Waals surface area (Å²) >= 11 is 7.13. The highest BCUT2D eigenvalue weighted by molar-refractivity contribution is 7.19. The van der Waals surface area contributed by atoms with Crippen LogP contribution >= 0.6 is 22.9 Å². The van der Waals surface area contributed by atoms with Crippen molar-refractivity contribution >= 4 is 45.5 Å². The van der Waals surface area contributed by atoms with Crippen LogP contribution in [0.2, 0.25) is 5.15 Å². The molecule has 162 valence electrons. The molecule has 1 amide bonds. The van der Waals surface area contributed by atoms with Crippen LogP contribution in [0, 0.1) is 11.3 Å². The molecular weight excluding hydrogens is 432 g/mol. The number of aromatic nitrogens is 3. The summed E-state index contributed by atoms with van der Waals surface area (Å²) in [4.78, 5) is 38.2. The summed E-state index contributed by atoms with van der Waals surface area (Å²) in [5, 5.41) is 3.59. The van der Waals surface area contributed by atoms with E-state index < -0.39 is 6.04 Å². The van der Waals surface area contributed by atoms with E-state index in [0.717, 1.165) is 41.6 Å². The first-order chi connectivity index (χ1) is 14.7. The Morgan fingerprint density at radius 2 is 2.16 bits per heavy atom. The Labute approximate surface area is 190 Å². The number of amides is 1. The molecule has 31 heavy (non-hydrogen) atoms. The molecule has 3 heterocycles. The topological polar surface area (TPSA) is 84.8 Å². The number of pyridine rings is 2. The Kier molecular flexibility index (Phi) is 6.08. The Morgan fingerprint density at radius 1 is 1.35 bits per heavy atom. The van der Waals surface area contributed by atoms with Gasteiger partial charge in [-0.2, -0.15) is 0 Å². The van der Waals surface area contributed by atoms with Crippen LogP contribution in [0.1, 0.15) is 66.3 Å². The van der Waals surface area contributed by atoms with Crippen molar-refractivity contribution in [2.24, 2.45) is 11.3 Å². The molecule has 0 fully saturated rings. The normalized spacial score (nSPS) is 17.2. The Morgan fingerprint density at radius 3 is 2.84 bits per heavy atom. The molecular formula is C23H25ClN4O2S. The van der Waals surface area contributed by atoms with Gasteiger partial charge >= 0.3 is 0 Å². The van der Waals surface area contributed by atoms with Crippen molar-refractivity contribution in [3.8, 4) is 0 Å². The van der Waals surface area contributed by atoms with Crippen molar-refractivity contribution in [1.29, 1.82) is 0 Å². The van der Waals surface area contributed by atoms with E-state index >= 15 is 0 Å². The van der Waals surface area contributed by atoms with E-state index in [2.05, 4.69) is 42.1 Å². The second kappa shape index (κ2) is 8.63. The van der Waals surface area contributed by atoms with Gasteiger partial charge in [0.1, 0.15) is 21.8 Å². The second-order valence-corrected chi connectivity index (χ2v) is 10.5. The van der Waals surface area contributed by atoms with Gasteiger partial charge in [-0.1, -0.05) is 49.8 Å². The zero-order valence-electron chi connectivity index (χ0n) is 17.8. The fourth-order valence-corrected chi connectivity index (χ4v) is 4.99. The molecule has 0 saturated carbocycles. The quantitative estimate of drug-likeness (QED) is 0.433. The molecule has 0 spiro atoms. The lowest BCUT2D eigenvalue weighted by Gasteiger charge is -2.34. The molecule has 4 rings (SSSR count). The van der Waals surface area contributed by atoms with Crippen LogP contribution in [-0.2, 0) is 17.6 Å². The summed E-state index contributed by atoms with van der Waals surface area (Å²) in [5.74, 6) is 0.285. The summed E-state index contributed by atoms with van der Waals surface area (Å²) in [6, 6.07) is 4.99. The van der Waals surface area contributed by atoms with Gasteiger partial charge in [-0.05, 0) is 53.9 Å². The third-order valence-corrected chi connectivity index (χ3v) is 7.14. The number of fused-ring (bicyclic) bond motifs is 2. The Hall–Kier alpha value is -2.38. The summed E-state index contributed by atoms with van der Waals surface area (Å²) in [5.41, 5.74) is 4.08. The first-order valence-corrected chi connectivity index (χ1v) is 11.6. The summed E-state index contributed by atoms with van der Waals surface area (Å²) in [6.45, 7) is 6.85. The molecule has 0 aromatic carbocycles. The molecule has 1 unspecified atom stereocenters. The number of aryl methyl sites for hydroxylation is 1. The van der Waals surface area contributed by atoms with Gasteiger partial charge in [0.25, 0.3) is 5.91 Å². The minimum atomic E-state index is -0.490. The minimum Gasteiger partial charge on any atom is -0.343 e. The number of rotatable bonds is 5. The Balaban J connectivity index is 1.57. The molecule has 1 N–H and O–H groups in total. The summed E-state index contributed by atoms with van der Waals surface area (Å²) in [7, 11) is 0. The lowest BCUT2D eigenvalue weighted by molar-refractivity contribution is -0.108.